The predicted molar refractivity (Wildman–Crippen MR) is 124 cm³/mol. The number of hydrogen-bond acceptors (Lipinski definition) is 4. The van der Waals surface area contributed by atoms with Gasteiger partial charge in [-0.05, 0) is 68.4 Å². The summed E-state index contributed by atoms with van der Waals surface area (Å²) in [5.41, 5.74) is 1.68. The van der Waals surface area contributed by atoms with Crippen LogP contribution in [0.4, 0.5) is 15.8 Å². The van der Waals surface area contributed by atoms with Crippen molar-refractivity contribution in [2.24, 2.45) is 5.92 Å². The summed E-state index contributed by atoms with van der Waals surface area (Å²) in [7, 11) is 0. The molecule has 2 aromatic carbocycles. The van der Waals surface area contributed by atoms with Crippen molar-refractivity contribution in [3.8, 4) is 0 Å². The highest BCUT2D eigenvalue weighted by atomic mass is 35.5. The molecule has 0 spiro atoms. The average molecular weight is 459 g/mol. The second kappa shape index (κ2) is 10.3. The fourth-order valence-corrected chi connectivity index (χ4v) is 4.58. The number of nitrogens with one attached hydrogen (secondary N) is 1. The van der Waals surface area contributed by atoms with Gasteiger partial charge in [-0.1, -0.05) is 17.7 Å². The molecule has 2 amide bonds. The van der Waals surface area contributed by atoms with Crippen LogP contribution in [0.1, 0.15) is 12.8 Å². The summed E-state index contributed by atoms with van der Waals surface area (Å²) >= 11 is 6.10. The van der Waals surface area contributed by atoms with Crippen LogP contribution >= 0.6 is 11.6 Å². The van der Waals surface area contributed by atoms with Crippen molar-refractivity contribution in [1.82, 2.24) is 9.80 Å². The van der Waals surface area contributed by atoms with Crippen molar-refractivity contribution in [1.29, 1.82) is 0 Å². The van der Waals surface area contributed by atoms with Crippen molar-refractivity contribution in [2.45, 2.75) is 12.8 Å². The maximum Gasteiger partial charge on any atom is 0.238 e. The van der Waals surface area contributed by atoms with E-state index in [1.807, 2.05) is 29.2 Å². The lowest BCUT2D eigenvalue weighted by Gasteiger charge is -2.39. The van der Waals surface area contributed by atoms with Gasteiger partial charge in [-0.25, -0.2) is 4.39 Å². The minimum absolute atomic E-state index is 0.0177. The number of carbonyl (C=O) groups is 2. The molecule has 0 aliphatic carbocycles. The first-order valence-corrected chi connectivity index (χ1v) is 11.4. The zero-order valence-electron chi connectivity index (χ0n) is 18.0. The van der Waals surface area contributed by atoms with Gasteiger partial charge in [0, 0.05) is 48.5 Å². The molecule has 2 saturated heterocycles. The van der Waals surface area contributed by atoms with Crippen LogP contribution in [0.2, 0.25) is 5.02 Å². The average Bonchev–Trinajstić information content (AvgIpc) is 2.81. The monoisotopic (exact) mass is 458 g/mol. The first-order valence-electron chi connectivity index (χ1n) is 11.0. The molecule has 6 nitrogen and oxygen atoms in total. The van der Waals surface area contributed by atoms with Gasteiger partial charge in [0.25, 0.3) is 0 Å². The first kappa shape index (κ1) is 22.6. The van der Waals surface area contributed by atoms with E-state index in [1.54, 1.807) is 12.1 Å². The predicted octanol–water partition coefficient (Wildman–Crippen LogP) is 3.48. The smallest absolute Gasteiger partial charge is 0.238 e. The highest BCUT2D eigenvalue weighted by Gasteiger charge is 2.31. The molecule has 0 atom stereocenters. The Labute approximate surface area is 192 Å². The molecule has 2 aliphatic heterocycles. The van der Waals surface area contributed by atoms with Crippen molar-refractivity contribution in [3.05, 3.63) is 59.4 Å². The van der Waals surface area contributed by atoms with Crippen molar-refractivity contribution in [2.75, 3.05) is 56.0 Å². The molecule has 2 fully saturated rings. The van der Waals surface area contributed by atoms with E-state index < -0.39 is 0 Å². The Bertz CT molecular complexity index is 939. The molecule has 0 saturated carbocycles. The Morgan fingerprint density at radius 2 is 1.66 bits per heavy atom. The van der Waals surface area contributed by atoms with Gasteiger partial charge in [-0.3, -0.25) is 14.5 Å². The summed E-state index contributed by atoms with van der Waals surface area (Å²) in [6.07, 6.45) is 1.52. The topological polar surface area (TPSA) is 55.9 Å². The third kappa shape index (κ3) is 5.78. The van der Waals surface area contributed by atoms with Crippen LogP contribution in [0.15, 0.2) is 48.5 Å². The lowest BCUT2D eigenvalue weighted by atomic mass is 9.95. The van der Waals surface area contributed by atoms with Crippen LogP contribution in [-0.4, -0.2) is 67.4 Å². The molecule has 8 heteroatoms. The van der Waals surface area contributed by atoms with Crippen molar-refractivity contribution < 1.29 is 14.0 Å². The maximum atomic E-state index is 13.0. The summed E-state index contributed by atoms with van der Waals surface area (Å²) in [5, 5.41) is 3.51. The summed E-state index contributed by atoms with van der Waals surface area (Å²) in [6.45, 7) is 4.74. The summed E-state index contributed by atoms with van der Waals surface area (Å²) < 4.78 is 13.0. The molecule has 0 unspecified atom stereocenters. The van der Waals surface area contributed by atoms with Crippen LogP contribution in [-0.2, 0) is 9.59 Å². The molecule has 2 heterocycles. The van der Waals surface area contributed by atoms with Crippen LogP contribution in [0, 0.1) is 11.7 Å². The Morgan fingerprint density at radius 1 is 0.969 bits per heavy atom. The second-order valence-corrected chi connectivity index (χ2v) is 8.83. The Balaban J connectivity index is 1.20. The molecule has 32 heavy (non-hydrogen) atoms. The molecular formula is C24H28ClFN4O2. The number of carbonyl (C=O) groups excluding carboxylic acids is 2. The largest absolute Gasteiger partial charge is 0.368 e. The molecule has 2 aromatic rings. The summed E-state index contributed by atoms with van der Waals surface area (Å²) in [6, 6.07) is 13.6. The van der Waals surface area contributed by atoms with Crippen molar-refractivity contribution >= 4 is 34.8 Å². The molecular weight excluding hydrogens is 431 g/mol. The standard InChI is InChI=1S/C24H28ClFN4O2/c25-19-2-1-3-22(16-19)29-12-14-30(15-13-29)24(32)18-8-10-28(11-9-18)17-23(31)27-21-6-4-20(26)5-7-21/h1-7,16,18H,8-15,17H2,(H,27,31). The highest BCUT2D eigenvalue weighted by molar-refractivity contribution is 6.30. The number of likely N-dealkylation sites (tertiary alicyclic amines) is 1. The second-order valence-electron chi connectivity index (χ2n) is 8.40. The number of amides is 2. The number of nitrogens with zero attached hydrogens (tertiary/aromatic N) is 3. The number of piperazine rings is 1. The number of hydrogen-bond donors (Lipinski definition) is 1. The van der Waals surface area contributed by atoms with E-state index in [2.05, 4.69) is 15.1 Å². The zero-order chi connectivity index (χ0) is 22.5. The van der Waals surface area contributed by atoms with E-state index in [0.717, 1.165) is 49.7 Å². The van der Waals surface area contributed by atoms with Gasteiger partial charge in [0.2, 0.25) is 11.8 Å². The number of halogens is 2. The molecule has 0 bridgehead atoms. The first-order chi connectivity index (χ1) is 15.5. The van der Waals surface area contributed by atoms with E-state index in [-0.39, 0.29) is 30.1 Å². The van der Waals surface area contributed by atoms with Crippen LogP contribution in [0.3, 0.4) is 0 Å². The fraction of sp³-hybridized carbons (Fsp3) is 0.417. The molecule has 1 N–H and O–H groups in total. The van der Waals surface area contributed by atoms with E-state index in [0.29, 0.717) is 18.8 Å². The van der Waals surface area contributed by atoms with E-state index in [9.17, 15) is 14.0 Å². The van der Waals surface area contributed by atoms with Crippen molar-refractivity contribution in [3.63, 3.8) is 0 Å². The van der Waals surface area contributed by atoms with Gasteiger partial charge in [0.05, 0.1) is 6.54 Å². The zero-order valence-corrected chi connectivity index (χ0v) is 18.7. The van der Waals surface area contributed by atoms with E-state index >= 15 is 0 Å². The normalized spacial score (nSPS) is 17.9. The number of rotatable bonds is 5. The van der Waals surface area contributed by atoms with Crippen LogP contribution in [0.5, 0.6) is 0 Å². The highest BCUT2D eigenvalue weighted by Crippen LogP contribution is 2.24. The minimum Gasteiger partial charge on any atom is -0.368 e. The lowest BCUT2D eigenvalue weighted by Crippen LogP contribution is -2.52. The minimum atomic E-state index is -0.333. The summed E-state index contributed by atoms with van der Waals surface area (Å²) in [5.74, 6) is -0.213. The maximum absolute atomic E-state index is 13.0. The summed E-state index contributed by atoms with van der Waals surface area (Å²) in [4.78, 5) is 31.6. The molecule has 2 aliphatic rings. The van der Waals surface area contributed by atoms with E-state index in [1.165, 1.54) is 12.1 Å². The molecule has 170 valence electrons. The molecule has 0 aromatic heterocycles. The lowest BCUT2D eigenvalue weighted by molar-refractivity contribution is -0.137. The number of anilines is 2. The third-order valence-electron chi connectivity index (χ3n) is 6.20. The Kier molecular flexibility index (Phi) is 7.27. The number of benzene rings is 2. The quantitative estimate of drug-likeness (QED) is 0.745. The van der Waals surface area contributed by atoms with Gasteiger partial charge in [-0.15, -0.1) is 0 Å². The SMILES string of the molecule is O=C(CN1CCC(C(=O)N2CCN(c3cccc(Cl)c3)CC2)CC1)Nc1ccc(F)cc1. The Morgan fingerprint density at radius 3 is 2.31 bits per heavy atom. The molecule has 4 rings (SSSR count). The van der Waals surface area contributed by atoms with Gasteiger partial charge >= 0.3 is 0 Å². The van der Waals surface area contributed by atoms with Gasteiger partial charge in [-0.2, -0.15) is 0 Å². The van der Waals surface area contributed by atoms with Crippen LogP contribution < -0.4 is 10.2 Å². The molecule has 0 radical (unpaired) electrons. The van der Waals surface area contributed by atoms with Gasteiger partial charge in [0.1, 0.15) is 5.82 Å². The van der Waals surface area contributed by atoms with Crippen LogP contribution in [0.25, 0.3) is 0 Å². The van der Waals surface area contributed by atoms with Gasteiger partial charge in [0.15, 0.2) is 0 Å². The third-order valence-corrected chi connectivity index (χ3v) is 6.43. The van der Waals surface area contributed by atoms with E-state index in [4.69, 9.17) is 11.6 Å². The Hall–Kier alpha value is -2.64. The number of piperidine rings is 1. The fourth-order valence-electron chi connectivity index (χ4n) is 4.39. The van der Waals surface area contributed by atoms with Gasteiger partial charge < -0.3 is 15.1 Å².